The molecule has 0 bridgehead atoms. The van der Waals surface area contributed by atoms with Gasteiger partial charge in [-0.25, -0.2) is 4.79 Å². The summed E-state index contributed by atoms with van der Waals surface area (Å²) in [6, 6.07) is 5.32. The number of rotatable bonds is 29. The first-order valence-corrected chi connectivity index (χ1v) is 18.3. The normalized spacial score (nSPS) is 12.2. The second kappa shape index (κ2) is 28.0. The van der Waals surface area contributed by atoms with Crippen LogP contribution in [0.25, 0.3) is 0 Å². The molecule has 1 aromatic carbocycles. The van der Waals surface area contributed by atoms with Crippen molar-refractivity contribution < 1.29 is 38.5 Å². The Labute approximate surface area is 283 Å². The Hall–Kier alpha value is -3.10. The summed E-state index contributed by atoms with van der Waals surface area (Å²) in [7, 11) is 0. The Morgan fingerprint density at radius 1 is 0.638 bits per heavy atom. The molecular formula is C38H63NO8. The van der Waals surface area contributed by atoms with Crippen molar-refractivity contribution in [3.05, 3.63) is 29.8 Å². The Bertz CT molecular complexity index is 980. The summed E-state index contributed by atoms with van der Waals surface area (Å²) in [5.41, 5.74) is 0.716. The van der Waals surface area contributed by atoms with Crippen molar-refractivity contribution in [2.24, 2.45) is 0 Å². The van der Waals surface area contributed by atoms with Gasteiger partial charge in [0, 0.05) is 26.2 Å². The summed E-state index contributed by atoms with van der Waals surface area (Å²) in [5.74, 6) is -1.81. The van der Waals surface area contributed by atoms with E-state index in [1.165, 1.54) is 89.7 Å². The fourth-order valence-electron chi connectivity index (χ4n) is 5.36. The molecule has 1 aromatic rings. The van der Waals surface area contributed by atoms with Crippen LogP contribution in [0.5, 0.6) is 5.75 Å². The van der Waals surface area contributed by atoms with Crippen molar-refractivity contribution in [2.45, 2.75) is 168 Å². The summed E-state index contributed by atoms with van der Waals surface area (Å²) >= 11 is 0. The van der Waals surface area contributed by atoms with Crippen LogP contribution in [-0.4, -0.2) is 54.3 Å². The smallest absolute Gasteiger partial charge is 0.329 e. The number of benzene rings is 1. The first-order chi connectivity index (χ1) is 22.7. The lowest BCUT2D eigenvalue weighted by atomic mass is 10.1. The van der Waals surface area contributed by atoms with Gasteiger partial charge in [0.1, 0.15) is 25.0 Å². The van der Waals surface area contributed by atoms with Crippen molar-refractivity contribution in [2.75, 3.05) is 13.2 Å². The molecule has 47 heavy (non-hydrogen) atoms. The molecule has 2 N–H and O–H groups in total. The molecule has 1 amide bonds. The maximum Gasteiger partial charge on any atom is 0.329 e. The highest BCUT2D eigenvalue weighted by Gasteiger charge is 2.25. The van der Waals surface area contributed by atoms with E-state index in [9.17, 15) is 24.3 Å². The number of phenolic OH excluding ortho intramolecular Hbond substituents is 1. The Morgan fingerprint density at radius 2 is 1.09 bits per heavy atom. The van der Waals surface area contributed by atoms with Gasteiger partial charge in [-0.05, 0) is 30.5 Å². The first-order valence-electron chi connectivity index (χ1n) is 18.3. The first kappa shape index (κ1) is 41.9. The van der Waals surface area contributed by atoms with E-state index in [1.807, 2.05) is 0 Å². The third-order valence-electron chi connectivity index (χ3n) is 8.15. The predicted molar refractivity (Wildman–Crippen MR) is 185 cm³/mol. The van der Waals surface area contributed by atoms with Crippen LogP contribution in [-0.2, 0) is 39.8 Å². The Kier molecular flexibility index (Phi) is 24.9. The molecule has 268 valence electrons. The van der Waals surface area contributed by atoms with E-state index in [1.54, 1.807) is 12.1 Å². The van der Waals surface area contributed by atoms with Gasteiger partial charge in [-0.15, -0.1) is 0 Å². The summed E-state index contributed by atoms with van der Waals surface area (Å²) in [6.07, 6.45) is 20.1. The second-order valence-electron chi connectivity index (χ2n) is 12.7. The van der Waals surface area contributed by atoms with Crippen LogP contribution in [0.4, 0.5) is 0 Å². The third kappa shape index (κ3) is 23.8. The third-order valence-corrected chi connectivity index (χ3v) is 8.15. The minimum absolute atomic E-state index is 0.0897. The van der Waals surface area contributed by atoms with Crippen LogP contribution in [0.3, 0.4) is 0 Å². The van der Waals surface area contributed by atoms with Crippen molar-refractivity contribution in [3.63, 3.8) is 0 Å². The number of esters is 3. The average Bonchev–Trinajstić information content (AvgIpc) is 3.04. The summed E-state index contributed by atoms with van der Waals surface area (Å²) in [5, 5.41) is 12.2. The van der Waals surface area contributed by atoms with E-state index in [2.05, 4.69) is 19.2 Å². The lowest BCUT2D eigenvalue weighted by Gasteiger charge is -2.21. The predicted octanol–water partition coefficient (Wildman–Crippen LogP) is 8.28. The average molecular weight is 662 g/mol. The lowest BCUT2D eigenvalue weighted by Crippen LogP contribution is -2.43. The fourth-order valence-corrected chi connectivity index (χ4v) is 5.36. The summed E-state index contributed by atoms with van der Waals surface area (Å²) in [4.78, 5) is 49.9. The molecule has 0 fully saturated rings. The number of unbranched alkanes of at least 4 members (excludes halogenated alkanes) is 16. The molecule has 0 aliphatic carbocycles. The van der Waals surface area contributed by atoms with Crippen LogP contribution in [0.1, 0.15) is 155 Å². The van der Waals surface area contributed by atoms with Gasteiger partial charge in [-0.3, -0.25) is 14.4 Å². The van der Waals surface area contributed by atoms with Gasteiger partial charge in [-0.1, -0.05) is 129 Å². The molecule has 2 atom stereocenters. The van der Waals surface area contributed by atoms with Crippen molar-refractivity contribution >= 4 is 23.8 Å². The molecule has 0 spiro atoms. The minimum Gasteiger partial charge on any atom is -0.508 e. The molecule has 0 aromatic heterocycles. The number of nitrogens with one attached hydrogen (secondary N) is 1. The number of amides is 1. The Morgan fingerprint density at radius 3 is 1.57 bits per heavy atom. The molecule has 0 saturated carbocycles. The number of ether oxygens (including phenoxy) is 3. The molecule has 0 heterocycles. The molecule has 9 heteroatoms. The molecule has 0 saturated heterocycles. The van der Waals surface area contributed by atoms with Gasteiger partial charge in [0.15, 0.2) is 6.10 Å². The summed E-state index contributed by atoms with van der Waals surface area (Å²) in [6.45, 7) is 5.20. The molecule has 0 radical (unpaired) electrons. The monoisotopic (exact) mass is 661 g/mol. The number of carbonyl (C=O) groups excluding carboxylic acids is 4. The fraction of sp³-hybridized carbons (Fsp3) is 0.737. The van der Waals surface area contributed by atoms with E-state index in [-0.39, 0.29) is 44.2 Å². The van der Waals surface area contributed by atoms with Gasteiger partial charge >= 0.3 is 17.9 Å². The number of carbonyl (C=O) groups is 4. The largest absolute Gasteiger partial charge is 0.508 e. The minimum atomic E-state index is -0.982. The molecule has 9 nitrogen and oxygen atoms in total. The van der Waals surface area contributed by atoms with Gasteiger partial charge in [-0.2, -0.15) is 0 Å². The number of hydrogen-bond donors (Lipinski definition) is 2. The maximum absolute atomic E-state index is 13.0. The quantitative estimate of drug-likeness (QED) is 0.0499. The van der Waals surface area contributed by atoms with E-state index < -0.39 is 30.0 Å². The molecular weight excluding hydrogens is 598 g/mol. The van der Waals surface area contributed by atoms with Crippen molar-refractivity contribution in [3.8, 4) is 5.75 Å². The van der Waals surface area contributed by atoms with E-state index in [0.717, 1.165) is 38.5 Å². The van der Waals surface area contributed by atoms with Crippen molar-refractivity contribution in [1.29, 1.82) is 0 Å². The van der Waals surface area contributed by atoms with Crippen LogP contribution < -0.4 is 5.32 Å². The molecule has 0 aliphatic heterocycles. The number of aromatic hydroxyl groups is 1. The Balaban J connectivity index is 2.59. The SMILES string of the molecule is CCCCCCCCCCCC(=O)OCC(COC(=O)[C@H](Cc1ccc(O)cc1)NC(C)=O)OC(=O)CCCCCCCCCCC. The highest BCUT2D eigenvalue weighted by molar-refractivity contribution is 5.83. The van der Waals surface area contributed by atoms with Crippen molar-refractivity contribution in [1.82, 2.24) is 5.32 Å². The van der Waals surface area contributed by atoms with Gasteiger partial charge in [0.25, 0.3) is 0 Å². The molecule has 1 unspecified atom stereocenters. The topological polar surface area (TPSA) is 128 Å². The molecule has 0 aliphatic rings. The molecule has 1 rings (SSSR count). The zero-order valence-electron chi connectivity index (χ0n) is 29.5. The summed E-state index contributed by atoms with van der Waals surface area (Å²) < 4.78 is 16.5. The zero-order valence-corrected chi connectivity index (χ0v) is 29.5. The van der Waals surface area contributed by atoms with Gasteiger partial charge < -0.3 is 24.6 Å². The van der Waals surface area contributed by atoms with Crippen LogP contribution in [0, 0.1) is 0 Å². The van der Waals surface area contributed by atoms with E-state index in [4.69, 9.17) is 14.2 Å². The highest BCUT2D eigenvalue weighted by atomic mass is 16.6. The number of phenols is 1. The van der Waals surface area contributed by atoms with Crippen LogP contribution >= 0.6 is 0 Å². The van der Waals surface area contributed by atoms with Crippen LogP contribution in [0.2, 0.25) is 0 Å². The van der Waals surface area contributed by atoms with E-state index >= 15 is 0 Å². The van der Waals surface area contributed by atoms with Gasteiger partial charge in [0.2, 0.25) is 5.91 Å². The second-order valence-corrected chi connectivity index (χ2v) is 12.7. The number of hydrogen-bond acceptors (Lipinski definition) is 8. The lowest BCUT2D eigenvalue weighted by molar-refractivity contribution is -0.167. The highest BCUT2D eigenvalue weighted by Crippen LogP contribution is 2.15. The maximum atomic E-state index is 13.0. The zero-order chi connectivity index (χ0) is 34.5. The van der Waals surface area contributed by atoms with Gasteiger partial charge in [0.05, 0.1) is 0 Å². The standard InChI is InChI=1S/C38H63NO8/c1-4-6-8-10-12-14-16-18-20-22-36(42)45-29-34(47-37(43)23-21-19-17-15-13-11-9-7-5-2)30-46-38(44)35(39-31(3)40)28-32-24-26-33(41)27-25-32/h24-27,34-35,41H,4-23,28-30H2,1-3H3,(H,39,40)/t34?,35-/m0/s1. The van der Waals surface area contributed by atoms with Crippen LogP contribution in [0.15, 0.2) is 24.3 Å². The van der Waals surface area contributed by atoms with E-state index in [0.29, 0.717) is 12.0 Å².